The second kappa shape index (κ2) is 7.85. The molecule has 0 radical (unpaired) electrons. The smallest absolute Gasteiger partial charge is 0.346 e. The van der Waals surface area contributed by atoms with Crippen LogP contribution in [0.1, 0.15) is 47.3 Å². The van der Waals surface area contributed by atoms with Crippen molar-refractivity contribution in [2.75, 3.05) is 27.2 Å². The lowest BCUT2D eigenvalue weighted by molar-refractivity contribution is 0.0702. The van der Waals surface area contributed by atoms with Gasteiger partial charge in [-0.2, -0.15) is 0 Å². The van der Waals surface area contributed by atoms with E-state index in [1.165, 1.54) is 48.2 Å². The maximum absolute atomic E-state index is 11.7. The quantitative estimate of drug-likeness (QED) is 0.669. The summed E-state index contributed by atoms with van der Waals surface area (Å²) in [5, 5.41) is 13.0. The minimum Gasteiger partial charge on any atom is -0.477 e. The van der Waals surface area contributed by atoms with E-state index >= 15 is 0 Å². The first-order chi connectivity index (χ1) is 11.5. The molecule has 3 rings (SSSR count). The van der Waals surface area contributed by atoms with Crippen LogP contribution in [0.25, 0.3) is 5.57 Å². The van der Waals surface area contributed by atoms with Crippen molar-refractivity contribution in [2.24, 2.45) is 5.92 Å². The Morgan fingerprint density at radius 2 is 2.08 bits per heavy atom. The number of carboxylic acids is 1. The van der Waals surface area contributed by atoms with Crippen LogP contribution in [-0.2, 0) is 0 Å². The van der Waals surface area contributed by atoms with E-state index in [2.05, 4.69) is 53.0 Å². The lowest BCUT2D eigenvalue weighted by Crippen LogP contribution is -2.35. The van der Waals surface area contributed by atoms with Gasteiger partial charge in [0.25, 0.3) is 0 Å². The van der Waals surface area contributed by atoms with Crippen molar-refractivity contribution in [2.45, 2.75) is 38.1 Å². The maximum Gasteiger partial charge on any atom is 0.346 e. The Morgan fingerprint density at radius 1 is 1.38 bits per heavy atom. The molecule has 1 fully saturated rings. The zero-order valence-corrected chi connectivity index (χ0v) is 17.2. The van der Waals surface area contributed by atoms with E-state index in [1.807, 2.05) is 0 Å². The Hall–Kier alpha value is -0.440. The standard InChI is InChI=1S/C18H25IN2O2S/c1-20-12-5-3-11(4-6-12)15-10-21(2)8-7-13(15)14-9-16(19)24-17(14)18(22)23/h9,11-12,20H,3-8,10H2,1-2H3,(H,22,23). The van der Waals surface area contributed by atoms with Crippen molar-refractivity contribution in [3.63, 3.8) is 0 Å². The highest BCUT2D eigenvalue weighted by molar-refractivity contribution is 14.1. The van der Waals surface area contributed by atoms with E-state index in [1.54, 1.807) is 0 Å². The molecule has 1 aliphatic heterocycles. The minimum absolute atomic E-state index is 0.514. The van der Waals surface area contributed by atoms with Gasteiger partial charge in [0.1, 0.15) is 4.88 Å². The topological polar surface area (TPSA) is 52.6 Å². The van der Waals surface area contributed by atoms with Crippen LogP contribution in [0.3, 0.4) is 0 Å². The van der Waals surface area contributed by atoms with Crippen LogP contribution in [0.15, 0.2) is 11.6 Å². The monoisotopic (exact) mass is 460 g/mol. The predicted octanol–water partition coefficient (Wildman–Crippen LogP) is 3.92. The molecule has 1 aliphatic carbocycles. The summed E-state index contributed by atoms with van der Waals surface area (Å²) in [5.41, 5.74) is 3.79. The molecule has 1 aromatic rings. The molecule has 0 saturated heterocycles. The van der Waals surface area contributed by atoms with E-state index in [4.69, 9.17) is 0 Å². The molecule has 0 unspecified atom stereocenters. The minimum atomic E-state index is -0.789. The highest BCUT2D eigenvalue weighted by atomic mass is 127. The fourth-order valence-corrected chi connectivity index (χ4v) is 5.81. The highest BCUT2D eigenvalue weighted by Gasteiger charge is 2.30. The Kier molecular flexibility index (Phi) is 6.00. The molecule has 1 aromatic heterocycles. The molecule has 132 valence electrons. The van der Waals surface area contributed by atoms with Gasteiger partial charge in [-0.05, 0) is 91.9 Å². The number of likely N-dealkylation sites (N-methyl/N-ethyl adjacent to an activating group) is 1. The largest absolute Gasteiger partial charge is 0.477 e. The number of carbonyl (C=O) groups is 1. The summed E-state index contributed by atoms with van der Waals surface area (Å²) < 4.78 is 1.06. The van der Waals surface area contributed by atoms with Gasteiger partial charge in [-0.15, -0.1) is 11.3 Å². The number of hydrogen-bond donors (Lipinski definition) is 2. The Bertz CT molecular complexity index is 647. The van der Waals surface area contributed by atoms with Gasteiger partial charge in [0.2, 0.25) is 0 Å². The molecule has 4 nitrogen and oxygen atoms in total. The fraction of sp³-hybridized carbons (Fsp3) is 0.611. The van der Waals surface area contributed by atoms with Crippen molar-refractivity contribution in [1.82, 2.24) is 10.2 Å². The van der Waals surface area contributed by atoms with E-state index in [0.717, 1.165) is 28.0 Å². The van der Waals surface area contributed by atoms with Crippen LogP contribution in [0.2, 0.25) is 0 Å². The summed E-state index contributed by atoms with van der Waals surface area (Å²) in [4.78, 5) is 14.6. The van der Waals surface area contributed by atoms with Crippen LogP contribution in [-0.4, -0.2) is 49.2 Å². The predicted molar refractivity (Wildman–Crippen MR) is 108 cm³/mol. The van der Waals surface area contributed by atoms with E-state index < -0.39 is 5.97 Å². The molecule has 24 heavy (non-hydrogen) atoms. The normalized spacial score (nSPS) is 26.0. The maximum atomic E-state index is 11.7. The average molecular weight is 460 g/mol. The zero-order chi connectivity index (χ0) is 17.3. The molecule has 0 atom stereocenters. The van der Waals surface area contributed by atoms with Gasteiger partial charge in [-0.3, -0.25) is 0 Å². The number of nitrogens with zero attached hydrogens (tertiary/aromatic N) is 1. The van der Waals surface area contributed by atoms with Gasteiger partial charge in [-0.1, -0.05) is 0 Å². The summed E-state index contributed by atoms with van der Waals surface area (Å²) in [7, 11) is 4.22. The number of halogens is 1. The summed E-state index contributed by atoms with van der Waals surface area (Å²) in [6.07, 6.45) is 5.82. The van der Waals surface area contributed by atoms with Gasteiger partial charge in [-0.25, -0.2) is 4.79 Å². The highest BCUT2D eigenvalue weighted by Crippen LogP contribution is 2.40. The number of nitrogens with one attached hydrogen (secondary N) is 1. The number of hydrogen-bond acceptors (Lipinski definition) is 4. The first-order valence-corrected chi connectivity index (χ1v) is 10.5. The van der Waals surface area contributed by atoms with Gasteiger partial charge in [0.15, 0.2) is 0 Å². The molecule has 2 heterocycles. The Labute approximate surface area is 161 Å². The Balaban J connectivity index is 1.97. The zero-order valence-electron chi connectivity index (χ0n) is 14.3. The molecular weight excluding hydrogens is 435 g/mol. The van der Waals surface area contributed by atoms with Crippen molar-refractivity contribution in [3.05, 3.63) is 25.0 Å². The van der Waals surface area contributed by atoms with E-state index in [-0.39, 0.29) is 0 Å². The van der Waals surface area contributed by atoms with Crippen LogP contribution in [0.4, 0.5) is 0 Å². The third-order valence-electron chi connectivity index (χ3n) is 5.42. The summed E-state index contributed by atoms with van der Waals surface area (Å²) in [5.74, 6) is -0.186. The molecule has 2 N–H and O–H groups in total. The molecule has 2 aliphatic rings. The van der Waals surface area contributed by atoms with Crippen molar-refractivity contribution in [3.8, 4) is 0 Å². The number of carboxylic acid groups (broad SMARTS) is 1. The summed E-state index contributed by atoms with van der Waals surface area (Å²) >= 11 is 3.64. The average Bonchev–Trinajstić information content (AvgIpc) is 2.97. The van der Waals surface area contributed by atoms with Crippen LogP contribution < -0.4 is 5.32 Å². The first kappa shape index (κ1) is 18.4. The van der Waals surface area contributed by atoms with Crippen LogP contribution in [0, 0.1) is 8.80 Å². The van der Waals surface area contributed by atoms with Gasteiger partial charge in [0.05, 0.1) is 2.88 Å². The summed E-state index contributed by atoms with van der Waals surface area (Å²) in [6.45, 7) is 1.99. The second-order valence-corrected chi connectivity index (χ2v) is 9.87. The number of rotatable bonds is 4. The SMILES string of the molecule is CNC1CCC(C2=C(c3cc(I)sc3C(=O)O)CCN(C)C2)CC1. The third-order valence-corrected chi connectivity index (χ3v) is 7.30. The molecule has 6 heteroatoms. The van der Waals surface area contributed by atoms with Gasteiger partial charge >= 0.3 is 5.97 Å². The van der Waals surface area contributed by atoms with E-state index in [0.29, 0.717) is 16.8 Å². The number of aromatic carboxylic acids is 1. The van der Waals surface area contributed by atoms with Crippen molar-refractivity contribution < 1.29 is 9.90 Å². The van der Waals surface area contributed by atoms with Crippen LogP contribution in [0.5, 0.6) is 0 Å². The lowest BCUT2D eigenvalue weighted by atomic mass is 9.77. The second-order valence-electron chi connectivity index (χ2n) is 6.93. The van der Waals surface area contributed by atoms with Gasteiger partial charge < -0.3 is 15.3 Å². The van der Waals surface area contributed by atoms with Crippen molar-refractivity contribution in [1.29, 1.82) is 0 Å². The molecule has 1 saturated carbocycles. The third kappa shape index (κ3) is 3.86. The van der Waals surface area contributed by atoms with E-state index in [9.17, 15) is 9.90 Å². The van der Waals surface area contributed by atoms with Crippen LogP contribution >= 0.6 is 33.9 Å². The fourth-order valence-electron chi connectivity index (χ4n) is 4.09. The molecule has 0 bridgehead atoms. The lowest BCUT2D eigenvalue weighted by Gasteiger charge is -2.36. The molecule has 0 amide bonds. The van der Waals surface area contributed by atoms with Gasteiger partial charge in [0, 0.05) is 24.7 Å². The number of thiophene rings is 1. The Morgan fingerprint density at radius 3 is 2.71 bits per heavy atom. The van der Waals surface area contributed by atoms with Crippen molar-refractivity contribution >= 4 is 45.5 Å². The molecular formula is C18H25IN2O2S. The molecule has 0 spiro atoms. The first-order valence-electron chi connectivity index (χ1n) is 8.60. The summed E-state index contributed by atoms with van der Waals surface area (Å²) in [6, 6.07) is 2.72. The molecule has 0 aromatic carbocycles.